The monoisotopic (exact) mass is 257 g/mol. The third-order valence-electron chi connectivity index (χ3n) is 3.59. The van der Waals surface area contributed by atoms with E-state index < -0.39 is 0 Å². The zero-order valence-electron chi connectivity index (χ0n) is 12.5. The molecule has 0 radical (unpaired) electrons. The van der Waals surface area contributed by atoms with Crippen LogP contribution in [0.2, 0.25) is 0 Å². The fraction of sp³-hybridized carbons (Fsp3) is 0.438. The van der Waals surface area contributed by atoms with Gasteiger partial charge in [-0.15, -0.1) is 0 Å². The first-order valence-electron chi connectivity index (χ1n) is 6.81. The van der Waals surface area contributed by atoms with Crippen LogP contribution in [-0.2, 0) is 13.6 Å². The van der Waals surface area contributed by atoms with E-state index in [2.05, 4.69) is 62.0 Å². The van der Waals surface area contributed by atoms with Crippen LogP contribution >= 0.6 is 0 Å². The molecule has 0 aliphatic heterocycles. The van der Waals surface area contributed by atoms with Gasteiger partial charge in [-0.1, -0.05) is 38.1 Å². The van der Waals surface area contributed by atoms with Crippen molar-refractivity contribution < 1.29 is 0 Å². The Labute approximate surface area is 115 Å². The van der Waals surface area contributed by atoms with E-state index in [-0.39, 0.29) is 0 Å². The van der Waals surface area contributed by atoms with Crippen molar-refractivity contribution in [3.8, 4) is 11.4 Å². The second-order valence-electron chi connectivity index (χ2n) is 5.33. The summed E-state index contributed by atoms with van der Waals surface area (Å²) in [5, 5.41) is 3.19. The van der Waals surface area contributed by atoms with Crippen molar-refractivity contribution in [3.63, 3.8) is 0 Å². The van der Waals surface area contributed by atoms with Gasteiger partial charge in [0.05, 0.1) is 11.4 Å². The van der Waals surface area contributed by atoms with E-state index in [0.29, 0.717) is 5.92 Å². The Morgan fingerprint density at radius 2 is 1.84 bits per heavy atom. The Balaban J connectivity index is 2.39. The minimum atomic E-state index is 0.567. The van der Waals surface area contributed by atoms with Gasteiger partial charge in [-0.25, -0.2) is 4.98 Å². The molecule has 0 bridgehead atoms. The summed E-state index contributed by atoms with van der Waals surface area (Å²) < 4.78 is 2.18. The number of nitrogens with zero attached hydrogens (tertiary/aromatic N) is 2. The van der Waals surface area contributed by atoms with Gasteiger partial charge < -0.3 is 9.88 Å². The molecule has 1 aromatic carbocycles. The Kier molecular flexibility index (Phi) is 4.05. The molecule has 102 valence electrons. The largest absolute Gasteiger partial charge is 0.330 e. The number of aryl methyl sites for hydroxylation is 1. The van der Waals surface area contributed by atoms with Gasteiger partial charge in [-0.3, -0.25) is 0 Å². The van der Waals surface area contributed by atoms with E-state index in [0.717, 1.165) is 18.1 Å². The van der Waals surface area contributed by atoms with E-state index in [9.17, 15) is 0 Å². The highest BCUT2D eigenvalue weighted by molar-refractivity contribution is 5.57. The van der Waals surface area contributed by atoms with Gasteiger partial charge in [0.15, 0.2) is 0 Å². The average molecular weight is 257 g/mol. The predicted molar refractivity (Wildman–Crippen MR) is 80.2 cm³/mol. The molecule has 0 unspecified atom stereocenters. The van der Waals surface area contributed by atoms with Crippen LogP contribution in [0.15, 0.2) is 24.3 Å². The smallest absolute Gasteiger partial charge is 0.140 e. The molecule has 1 N–H and O–H groups in total. The summed E-state index contributed by atoms with van der Waals surface area (Å²) >= 11 is 0. The Bertz CT molecular complexity index is 550. The molecule has 0 aliphatic carbocycles. The number of nitrogens with one attached hydrogen (secondary N) is 1. The van der Waals surface area contributed by atoms with Crippen LogP contribution < -0.4 is 5.32 Å². The Hall–Kier alpha value is -1.61. The average Bonchev–Trinajstić information content (AvgIpc) is 2.67. The van der Waals surface area contributed by atoms with Crippen molar-refractivity contribution in [1.29, 1.82) is 0 Å². The molecule has 0 amide bonds. The lowest BCUT2D eigenvalue weighted by Gasteiger charge is -2.08. The lowest BCUT2D eigenvalue weighted by atomic mass is 10.0. The minimum Gasteiger partial charge on any atom is -0.330 e. The minimum absolute atomic E-state index is 0.567. The molecule has 0 saturated heterocycles. The third kappa shape index (κ3) is 2.71. The summed E-state index contributed by atoms with van der Waals surface area (Å²) in [6.07, 6.45) is 0. The maximum absolute atomic E-state index is 4.70. The normalized spacial score (nSPS) is 11.3. The van der Waals surface area contributed by atoms with Gasteiger partial charge in [0.2, 0.25) is 0 Å². The van der Waals surface area contributed by atoms with Gasteiger partial charge in [0.25, 0.3) is 0 Å². The van der Waals surface area contributed by atoms with Crippen molar-refractivity contribution in [2.45, 2.75) is 33.2 Å². The van der Waals surface area contributed by atoms with E-state index in [1.807, 2.05) is 7.05 Å². The molecule has 2 rings (SSSR count). The lowest BCUT2D eigenvalue weighted by molar-refractivity contribution is 0.732. The van der Waals surface area contributed by atoms with Crippen LogP contribution in [-0.4, -0.2) is 16.6 Å². The molecular weight excluding hydrogens is 234 g/mol. The van der Waals surface area contributed by atoms with Crippen LogP contribution in [0, 0.1) is 6.92 Å². The molecule has 0 fully saturated rings. The molecule has 0 atom stereocenters. The predicted octanol–water partition coefficient (Wildman–Crippen LogP) is 3.24. The highest BCUT2D eigenvalue weighted by Gasteiger charge is 2.12. The first-order chi connectivity index (χ1) is 9.04. The number of hydrogen-bond donors (Lipinski definition) is 1. The van der Waals surface area contributed by atoms with Crippen LogP contribution in [0.25, 0.3) is 11.4 Å². The number of rotatable bonds is 4. The number of benzene rings is 1. The molecule has 1 aromatic heterocycles. The van der Waals surface area contributed by atoms with E-state index >= 15 is 0 Å². The van der Waals surface area contributed by atoms with Crippen LogP contribution in [0.1, 0.15) is 36.7 Å². The van der Waals surface area contributed by atoms with Gasteiger partial charge in [0, 0.05) is 19.2 Å². The first-order valence-corrected chi connectivity index (χ1v) is 6.81. The number of hydrogen-bond acceptors (Lipinski definition) is 2. The van der Waals surface area contributed by atoms with Crippen LogP contribution in [0.3, 0.4) is 0 Å². The SMILES string of the molecule is CNCc1c(C)nc(-c2ccc(C(C)C)cc2)n1C. The molecule has 1 heterocycles. The maximum Gasteiger partial charge on any atom is 0.140 e. The first kappa shape index (κ1) is 13.8. The summed E-state index contributed by atoms with van der Waals surface area (Å²) in [6.45, 7) is 7.34. The van der Waals surface area contributed by atoms with Gasteiger partial charge in [-0.2, -0.15) is 0 Å². The third-order valence-corrected chi connectivity index (χ3v) is 3.59. The highest BCUT2D eigenvalue weighted by atomic mass is 15.1. The fourth-order valence-corrected chi connectivity index (χ4v) is 2.36. The summed E-state index contributed by atoms with van der Waals surface area (Å²) in [5.41, 5.74) is 4.88. The molecule has 3 heteroatoms. The lowest BCUT2D eigenvalue weighted by Crippen LogP contribution is -2.10. The van der Waals surface area contributed by atoms with Crippen LogP contribution in [0.4, 0.5) is 0 Å². The maximum atomic E-state index is 4.70. The molecule has 3 nitrogen and oxygen atoms in total. The zero-order chi connectivity index (χ0) is 14.0. The molecular formula is C16H23N3. The second-order valence-corrected chi connectivity index (χ2v) is 5.33. The highest BCUT2D eigenvalue weighted by Crippen LogP contribution is 2.23. The number of imidazole rings is 1. The van der Waals surface area contributed by atoms with Gasteiger partial charge in [0.1, 0.15) is 5.82 Å². The topological polar surface area (TPSA) is 29.9 Å². The van der Waals surface area contributed by atoms with Gasteiger partial charge >= 0.3 is 0 Å². The second kappa shape index (κ2) is 5.57. The Morgan fingerprint density at radius 1 is 1.21 bits per heavy atom. The molecule has 2 aromatic rings. The van der Waals surface area contributed by atoms with E-state index in [4.69, 9.17) is 4.98 Å². The van der Waals surface area contributed by atoms with Gasteiger partial charge in [-0.05, 0) is 25.5 Å². The number of aromatic nitrogens is 2. The molecule has 0 saturated carbocycles. The fourth-order valence-electron chi connectivity index (χ4n) is 2.36. The van der Waals surface area contributed by atoms with E-state index in [1.165, 1.54) is 16.8 Å². The van der Waals surface area contributed by atoms with Crippen molar-refractivity contribution >= 4 is 0 Å². The molecule has 0 spiro atoms. The van der Waals surface area contributed by atoms with Crippen LogP contribution in [0.5, 0.6) is 0 Å². The van der Waals surface area contributed by atoms with Crippen molar-refractivity contribution in [3.05, 3.63) is 41.2 Å². The van der Waals surface area contributed by atoms with Crippen molar-refractivity contribution in [2.75, 3.05) is 7.05 Å². The van der Waals surface area contributed by atoms with Crippen molar-refractivity contribution in [2.24, 2.45) is 7.05 Å². The Morgan fingerprint density at radius 3 is 2.37 bits per heavy atom. The van der Waals surface area contributed by atoms with Crippen molar-refractivity contribution in [1.82, 2.24) is 14.9 Å². The van der Waals surface area contributed by atoms with E-state index in [1.54, 1.807) is 0 Å². The molecule has 19 heavy (non-hydrogen) atoms. The standard InChI is InChI=1S/C16H23N3/c1-11(2)13-6-8-14(9-7-13)16-18-12(3)15(10-17-4)19(16)5/h6-9,11,17H,10H2,1-5H3. The summed E-state index contributed by atoms with van der Waals surface area (Å²) in [6, 6.07) is 8.73. The summed E-state index contributed by atoms with van der Waals surface area (Å²) in [5.74, 6) is 1.61. The summed E-state index contributed by atoms with van der Waals surface area (Å²) in [7, 11) is 4.04. The summed E-state index contributed by atoms with van der Waals surface area (Å²) in [4.78, 5) is 4.70. The zero-order valence-corrected chi connectivity index (χ0v) is 12.5. The molecule has 0 aliphatic rings. The quantitative estimate of drug-likeness (QED) is 0.911.